The van der Waals surface area contributed by atoms with Gasteiger partial charge in [0.1, 0.15) is 0 Å². The summed E-state index contributed by atoms with van der Waals surface area (Å²) in [6.45, 7) is 0. The summed E-state index contributed by atoms with van der Waals surface area (Å²) in [5, 5.41) is 0. The van der Waals surface area contributed by atoms with E-state index in [1.807, 2.05) is 0 Å². The average molecular weight is 1120 g/mol. The van der Waals surface area contributed by atoms with E-state index in [1.165, 1.54) is 56.0 Å². The van der Waals surface area contributed by atoms with Crippen LogP contribution in [0.2, 0.25) is 0 Å². The van der Waals surface area contributed by atoms with Crippen LogP contribution in [0.3, 0.4) is 0 Å². The minimum atomic E-state index is -4.94. The zero-order valence-corrected chi connectivity index (χ0v) is 48.0. The van der Waals surface area contributed by atoms with Gasteiger partial charge in [-0.25, -0.2) is 106 Å². The van der Waals surface area contributed by atoms with Crippen LogP contribution in [-0.2, 0) is 57.1 Å². The molecule has 1 radical (unpaired) electrons. The second-order valence-corrected chi connectivity index (χ2v) is 33.1. The number of hydrogen-bond donors (Lipinski definition) is 0. The Labute approximate surface area is 384 Å². The Kier molecular flexibility index (Phi) is 36.6. The van der Waals surface area contributed by atoms with Crippen molar-refractivity contribution in [1.29, 1.82) is 0 Å². The summed E-state index contributed by atoms with van der Waals surface area (Å²) in [4.78, 5) is 0. The van der Waals surface area contributed by atoms with Gasteiger partial charge in [0.2, 0.25) is 0 Å². The molecule has 0 atom stereocenters. The number of hydrogen-bond acceptors (Lipinski definition) is 17. The molecule has 0 fully saturated rings. The molecular weight excluding hydrogens is 1040 g/mol. The molecule has 0 aromatic heterocycles. The van der Waals surface area contributed by atoms with E-state index >= 15 is 0 Å². The Morgan fingerprint density at radius 2 is 0.290 bits per heavy atom. The number of rotatable bonds is 18. The molecule has 0 aliphatic rings. The van der Waals surface area contributed by atoms with Crippen LogP contribution in [0.25, 0.3) is 0 Å². The molecule has 0 saturated heterocycles. The minimum Gasteiger partial charge on any atom is -0.255 e. The molecule has 0 aliphatic carbocycles. The standard InChI is InChI=1S/3C8H24N4O3P2.2ClHO4.Co/c3*1-9(2)16(13,10(3)4)15-17(14,11(5)6)12(7)8;2*2-1(3,4)5;/h3*1-8H3;2*(H,2,3,4,5);/p-2. The maximum atomic E-state index is 12.6. The van der Waals surface area contributed by atoms with E-state index in [-0.39, 0.29) is 16.8 Å². The van der Waals surface area contributed by atoms with Crippen molar-refractivity contribution in [3.63, 3.8) is 0 Å². The fourth-order valence-electron chi connectivity index (χ4n) is 3.44. The zero-order valence-electron chi connectivity index (χ0n) is 40.1. The van der Waals surface area contributed by atoms with Crippen LogP contribution in [0.5, 0.6) is 0 Å². The Bertz CT molecular complexity index is 1210. The molecule has 29 nitrogen and oxygen atoms in total. The van der Waals surface area contributed by atoms with Crippen molar-refractivity contribution < 1.29 is 115 Å². The van der Waals surface area contributed by atoms with E-state index in [0.29, 0.717) is 0 Å². The summed E-state index contributed by atoms with van der Waals surface area (Å²) in [5.41, 5.74) is 0. The SMILES string of the molecule is CN(C)P(=O)(OP(=O)(N(C)C)N(C)C)N(C)C.CN(C)P(=O)(OP(=O)(N(C)C)N(C)C)N(C)C.CN(C)P(=O)(OP(=O)(N(C)C)N(C)C)N(C)C.[Co].[O-][Cl+3]([O-])([O-])[O-].[O-][Cl+3]([O-])([O-])[O-]. The number of halogens is 2. The van der Waals surface area contributed by atoms with Crippen LogP contribution >= 0.6 is 46.0 Å². The smallest absolute Gasteiger partial charge is 0.255 e. The maximum Gasteiger partial charge on any atom is 0.352 e. The topological polar surface area (TPSA) is 353 Å². The summed E-state index contributed by atoms with van der Waals surface area (Å²) in [6.07, 6.45) is 0. The summed E-state index contributed by atoms with van der Waals surface area (Å²) < 4.78 is 178. The molecular formula is C24H72Cl2CoN12O17P6-2. The molecule has 0 N–H and O–H groups in total. The largest absolute Gasteiger partial charge is 0.352 e. The first-order valence-electron chi connectivity index (χ1n) is 16.6. The second kappa shape index (κ2) is 30.2. The average Bonchev–Trinajstić information content (AvgIpc) is 3.02. The van der Waals surface area contributed by atoms with Crippen LogP contribution < -0.4 is 37.3 Å². The summed E-state index contributed by atoms with van der Waals surface area (Å²) in [7, 11) is 9.73. The van der Waals surface area contributed by atoms with Gasteiger partial charge in [-0.1, -0.05) is 0 Å². The van der Waals surface area contributed by atoms with Crippen LogP contribution in [0, 0.1) is 20.5 Å². The van der Waals surface area contributed by atoms with Crippen molar-refractivity contribution in [1.82, 2.24) is 56.0 Å². The zero-order chi connectivity index (χ0) is 51.0. The second-order valence-electron chi connectivity index (χ2n) is 14.1. The third-order valence-electron chi connectivity index (χ3n) is 6.70. The van der Waals surface area contributed by atoms with Gasteiger partial charge in [0.25, 0.3) is 0 Å². The van der Waals surface area contributed by atoms with Crippen molar-refractivity contribution in [2.75, 3.05) is 169 Å². The molecule has 0 amide bonds. The van der Waals surface area contributed by atoms with E-state index in [4.69, 9.17) is 50.2 Å². The van der Waals surface area contributed by atoms with Gasteiger partial charge in [0.05, 0.1) is 0 Å². The molecule has 0 unspecified atom stereocenters. The molecule has 0 heterocycles. The fraction of sp³-hybridized carbons (Fsp3) is 1.00. The van der Waals surface area contributed by atoms with Gasteiger partial charge in [-0.15, -0.1) is 20.5 Å². The van der Waals surface area contributed by atoms with Crippen LogP contribution in [0.1, 0.15) is 0 Å². The van der Waals surface area contributed by atoms with Crippen LogP contribution in [-0.4, -0.2) is 225 Å². The molecule has 0 rings (SSSR count). The first-order chi connectivity index (χ1) is 26.4. The molecule has 62 heavy (non-hydrogen) atoms. The normalized spacial score (nSPS) is 13.7. The van der Waals surface area contributed by atoms with Crippen molar-refractivity contribution >= 4 is 46.0 Å². The van der Waals surface area contributed by atoms with Crippen LogP contribution in [0.15, 0.2) is 0 Å². The van der Waals surface area contributed by atoms with E-state index in [2.05, 4.69) is 0 Å². The minimum absolute atomic E-state index is 0. The van der Waals surface area contributed by atoms with E-state index in [9.17, 15) is 27.4 Å². The first kappa shape index (κ1) is 75.1. The van der Waals surface area contributed by atoms with Gasteiger partial charge < -0.3 is 0 Å². The number of nitrogens with zero attached hydrogens (tertiary/aromatic N) is 12. The van der Waals surface area contributed by atoms with Gasteiger partial charge in [-0.05, 0) is 169 Å². The maximum absolute atomic E-state index is 12.6. The quantitative estimate of drug-likeness (QED) is 0.116. The molecule has 0 aliphatic heterocycles. The van der Waals surface area contributed by atoms with Crippen molar-refractivity contribution in [3.8, 4) is 0 Å². The molecule has 38 heteroatoms. The third kappa shape index (κ3) is 26.9. The van der Waals surface area contributed by atoms with Crippen molar-refractivity contribution in [3.05, 3.63) is 0 Å². The van der Waals surface area contributed by atoms with Gasteiger partial charge >= 0.3 is 46.0 Å². The molecule has 0 bridgehead atoms. The Hall–Kier alpha value is 1.55. The van der Waals surface area contributed by atoms with E-state index < -0.39 is 66.5 Å². The summed E-state index contributed by atoms with van der Waals surface area (Å²) >= 11 is 0. The van der Waals surface area contributed by atoms with E-state index in [1.54, 1.807) is 169 Å². The summed E-state index contributed by atoms with van der Waals surface area (Å²) in [6, 6.07) is 0. The summed E-state index contributed by atoms with van der Waals surface area (Å²) in [5.74, 6) is 0. The molecule has 385 valence electrons. The van der Waals surface area contributed by atoms with Gasteiger partial charge in [-0.3, -0.25) is 27.4 Å². The monoisotopic (exact) mass is 1120 g/mol. The Morgan fingerprint density at radius 1 is 0.242 bits per heavy atom. The Balaban J connectivity index is -0.000000169. The van der Waals surface area contributed by atoms with Crippen LogP contribution in [0.4, 0.5) is 0 Å². The van der Waals surface area contributed by atoms with E-state index in [0.717, 1.165) is 0 Å². The molecule has 0 saturated carbocycles. The predicted octanol–water partition coefficient (Wildman–Crippen LogP) is -5.12. The van der Waals surface area contributed by atoms with Gasteiger partial charge in [0, 0.05) is 16.8 Å². The fourth-order valence-corrected chi connectivity index (χ4v) is 18.1. The van der Waals surface area contributed by atoms with Crippen molar-refractivity contribution in [2.24, 2.45) is 0 Å². The first-order valence-corrected chi connectivity index (χ1v) is 28.2. The molecule has 0 aromatic rings. The van der Waals surface area contributed by atoms with Crippen molar-refractivity contribution in [2.45, 2.75) is 0 Å². The van der Waals surface area contributed by atoms with Gasteiger partial charge in [0.15, 0.2) is 0 Å². The predicted molar refractivity (Wildman–Crippen MR) is 213 cm³/mol. The third-order valence-corrected chi connectivity index (χ3v) is 23.9. The van der Waals surface area contributed by atoms with Gasteiger partial charge in [-0.2, -0.15) is 0 Å². The Morgan fingerprint density at radius 3 is 0.323 bits per heavy atom. The molecule has 0 aromatic carbocycles. The molecule has 0 spiro atoms.